The summed E-state index contributed by atoms with van der Waals surface area (Å²) in [5, 5.41) is 7.41. The van der Waals surface area contributed by atoms with Gasteiger partial charge in [-0.05, 0) is 34.1 Å². The van der Waals surface area contributed by atoms with Gasteiger partial charge in [0.25, 0.3) is 0 Å². The Morgan fingerprint density at radius 3 is 2.89 bits per heavy atom. The molecule has 19 heavy (non-hydrogen) atoms. The quantitative estimate of drug-likeness (QED) is 0.918. The van der Waals surface area contributed by atoms with E-state index in [1.165, 1.54) is 12.4 Å². The molecule has 0 saturated heterocycles. The van der Waals surface area contributed by atoms with Crippen LogP contribution in [0.3, 0.4) is 0 Å². The molecule has 2 aromatic rings. The number of hydrogen-bond acceptors (Lipinski definition) is 3. The van der Waals surface area contributed by atoms with E-state index in [0.717, 1.165) is 17.9 Å². The maximum absolute atomic E-state index is 13.6. The Kier molecular flexibility index (Phi) is 4.66. The van der Waals surface area contributed by atoms with Gasteiger partial charge in [-0.3, -0.25) is 4.68 Å². The lowest BCUT2D eigenvalue weighted by molar-refractivity contribution is 0.515. The molecule has 1 heterocycles. The molecule has 0 aliphatic carbocycles. The average Bonchev–Trinajstić information content (AvgIpc) is 2.78. The number of hydrogen-bond donors (Lipinski definition) is 1. The van der Waals surface area contributed by atoms with Crippen molar-refractivity contribution >= 4 is 15.9 Å². The summed E-state index contributed by atoms with van der Waals surface area (Å²) < 4.78 is 15.9. The molecule has 2 rings (SSSR count). The van der Waals surface area contributed by atoms with Crippen LogP contribution >= 0.6 is 15.9 Å². The first-order valence-electron chi connectivity index (χ1n) is 6.13. The first-order chi connectivity index (χ1) is 9.13. The van der Waals surface area contributed by atoms with Gasteiger partial charge in [-0.15, -0.1) is 0 Å². The van der Waals surface area contributed by atoms with Crippen LogP contribution in [0.4, 0.5) is 4.39 Å². The van der Waals surface area contributed by atoms with Crippen molar-refractivity contribution in [3.63, 3.8) is 0 Å². The Bertz CT molecular complexity index is 555. The summed E-state index contributed by atoms with van der Waals surface area (Å²) >= 11 is 3.32. The minimum Gasteiger partial charge on any atom is -0.310 e. The smallest absolute Gasteiger partial charge is 0.138 e. The molecule has 1 aromatic carbocycles. The van der Waals surface area contributed by atoms with E-state index in [9.17, 15) is 4.39 Å². The molecule has 4 nitrogen and oxygen atoms in total. The number of nitrogens with one attached hydrogen (secondary N) is 1. The second kappa shape index (κ2) is 6.25. The highest BCUT2D eigenvalue weighted by molar-refractivity contribution is 9.10. The highest BCUT2D eigenvalue weighted by Crippen LogP contribution is 2.27. The van der Waals surface area contributed by atoms with Gasteiger partial charge >= 0.3 is 0 Å². The fourth-order valence-corrected chi connectivity index (χ4v) is 2.56. The summed E-state index contributed by atoms with van der Waals surface area (Å²) in [4.78, 5) is 4.22. The maximum atomic E-state index is 13.6. The molecule has 0 bridgehead atoms. The minimum absolute atomic E-state index is 0.00187. The van der Waals surface area contributed by atoms with Crippen molar-refractivity contribution < 1.29 is 4.39 Å². The number of nitrogens with zero attached hydrogens (tertiary/aromatic N) is 3. The van der Waals surface area contributed by atoms with E-state index < -0.39 is 0 Å². The van der Waals surface area contributed by atoms with Crippen LogP contribution in [0.1, 0.15) is 24.4 Å². The Morgan fingerprint density at radius 2 is 2.26 bits per heavy atom. The largest absolute Gasteiger partial charge is 0.310 e. The number of benzene rings is 1. The fraction of sp³-hybridized carbons (Fsp3) is 0.385. The van der Waals surface area contributed by atoms with Crippen LogP contribution in [0.5, 0.6) is 0 Å². The maximum Gasteiger partial charge on any atom is 0.138 e. The van der Waals surface area contributed by atoms with Crippen LogP contribution < -0.4 is 5.32 Å². The first-order valence-corrected chi connectivity index (χ1v) is 6.93. The van der Waals surface area contributed by atoms with Crippen molar-refractivity contribution in [1.29, 1.82) is 0 Å². The topological polar surface area (TPSA) is 42.7 Å². The molecule has 102 valence electrons. The van der Waals surface area contributed by atoms with Crippen molar-refractivity contribution in [1.82, 2.24) is 20.1 Å². The second-order valence-corrected chi connectivity index (χ2v) is 5.05. The monoisotopic (exact) mass is 326 g/mol. The van der Waals surface area contributed by atoms with Crippen molar-refractivity contribution in [2.45, 2.75) is 19.4 Å². The third-order valence-electron chi connectivity index (χ3n) is 3.00. The molecule has 6 heteroatoms. The van der Waals surface area contributed by atoms with E-state index >= 15 is 0 Å². The molecule has 0 fully saturated rings. The number of halogens is 2. The highest BCUT2D eigenvalue weighted by atomic mass is 79.9. The van der Waals surface area contributed by atoms with Gasteiger partial charge in [0, 0.05) is 19.5 Å². The summed E-state index contributed by atoms with van der Waals surface area (Å²) in [5.74, 6) is 0.612. The molecule has 0 spiro atoms. The Labute approximate surface area is 120 Å². The SMILES string of the molecule is CCNC(Cc1ncnn1C)c1cccc(F)c1Br. The highest BCUT2D eigenvalue weighted by Gasteiger charge is 2.18. The van der Waals surface area contributed by atoms with Gasteiger partial charge in [-0.25, -0.2) is 9.37 Å². The summed E-state index contributed by atoms with van der Waals surface area (Å²) in [6.45, 7) is 2.82. The second-order valence-electron chi connectivity index (χ2n) is 4.26. The minimum atomic E-state index is -0.252. The number of aryl methyl sites for hydroxylation is 1. The molecule has 1 aromatic heterocycles. The standard InChI is InChI=1S/C13H16BrFN4/c1-3-16-11(7-12-17-8-18-19(12)2)9-5-4-6-10(15)13(9)14/h4-6,8,11,16H,3,7H2,1-2H3. The van der Waals surface area contributed by atoms with Crippen molar-refractivity contribution in [2.24, 2.45) is 7.05 Å². The predicted molar refractivity (Wildman–Crippen MR) is 75.2 cm³/mol. The van der Waals surface area contributed by atoms with Gasteiger partial charge in [-0.1, -0.05) is 19.1 Å². The summed E-state index contributed by atoms with van der Waals surface area (Å²) in [7, 11) is 1.85. The van der Waals surface area contributed by atoms with E-state index in [1.54, 1.807) is 10.7 Å². The molecular formula is C13H16BrFN4. The lowest BCUT2D eigenvalue weighted by atomic mass is 10.0. The number of aromatic nitrogens is 3. The average molecular weight is 327 g/mol. The zero-order chi connectivity index (χ0) is 13.8. The number of rotatable bonds is 5. The fourth-order valence-electron chi connectivity index (χ4n) is 2.02. The van der Waals surface area contributed by atoms with Crippen LogP contribution in [0.15, 0.2) is 29.0 Å². The first kappa shape index (κ1) is 14.1. The lowest BCUT2D eigenvalue weighted by Crippen LogP contribution is -2.24. The van der Waals surface area contributed by atoms with E-state index in [-0.39, 0.29) is 11.9 Å². The van der Waals surface area contributed by atoms with E-state index in [0.29, 0.717) is 10.9 Å². The van der Waals surface area contributed by atoms with Crippen molar-refractivity contribution in [3.05, 3.63) is 46.2 Å². The van der Waals surface area contributed by atoms with Gasteiger partial charge < -0.3 is 5.32 Å². The van der Waals surface area contributed by atoms with Gasteiger partial charge in [-0.2, -0.15) is 5.10 Å². The summed E-state index contributed by atoms with van der Waals surface area (Å²) in [6, 6.07) is 5.07. The Hall–Kier alpha value is -1.27. The van der Waals surface area contributed by atoms with Gasteiger partial charge in [0.15, 0.2) is 0 Å². The summed E-state index contributed by atoms with van der Waals surface area (Å²) in [5.41, 5.74) is 0.893. The van der Waals surface area contributed by atoms with Crippen molar-refractivity contribution in [2.75, 3.05) is 6.54 Å². The summed E-state index contributed by atoms with van der Waals surface area (Å²) in [6.07, 6.45) is 2.19. The zero-order valence-electron chi connectivity index (χ0n) is 10.9. The lowest BCUT2D eigenvalue weighted by Gasteiger charge is -2.19. The normalized spacial score (nSPS) is 12.6. The molecule has 0 aliphatic heterocycles. The van der Waals surface area contributed by atoms with E-state index in [4.69, 9.17) is 0 Å². The van der Waals surface area contributed by atoms with Crippen molar-refractivity contribution in [3.8, 4) is 0 Å². The van der Waals surface area contributed by atoms with Crippen LogP contribution in [-0.4, -0.2) is 21.3 Å². The van der Waals surface area contributed by atoms with E-state index in [1.807, 2.05) is 20.0 Å². The molecule has 1 atom stereocenters. The third-order valence-corrected chi connectivity index (χ3v) is 3.84. The molecular weight excluding hydrogens is 311 g/mol. The predicted octanol–water partition coefficient (Wildman–Crippen LogP) is 2.61. The molecule has 0 amide bonds. The molecule has 0 radical (unpaired) electrons. The molecule has 1 N–H and O–H groups in total. The van der Waals surface area contributed by atoms with E-state index in [2.05, 4.69) is 31.3 Å². The van der Waals surface area contributed by atoms with Crippen LogP contribution in [0, 0.1) is 5.82 Å². The Morgan fingerprint density at radius 1 is 1.47 bits per heavy atom. The van der Waals surface area contributed by atoms with Gasteiger partial charge in [0.2, 0.25) is 0 Å². The van der Waals surface area contributed by atoms with Gasteiger partial charge in [0.1, 0.15) is 18.0 Å². The third kappa shape index (κ3) is 3.19. The Balaban J connectivity index is 2.29. The zero-order valence-corrected chi connectivity index (χ0v) is 12.5. The number of likely N-dealkylation sites (N-methyl/N-ethyl adjacent to an activating group) is 1. The van der Waals surface area contributed by atoms with Gasteiger partial charge in [0.05, 0.1) is 4.47 Å². The molecule has 1 unspecified atom stereocenters. The molecule has 0 aliphatic rings. The van der Waals surface area contributed by atoms with Crippen LogP contribution in [0.2, 0.25) is 0 Å². The van der Waals surface area contributed by atoms with Crippen LogP contribution in [-0.2, 0) is 13.5 Å². The van der Waals surface area contributed by atoms with Crippen LogP contribution in [0.25, 0.3) is 0 Å². The molecule has 0 saturated carbocycles.